The second kappa shape index (κ2) is 10.4. The summed E-state index contributed by atoms with van der Waals surface area (Å²) in [4.78, 5) is 0. The Hall–Kier alpha value is -0.0800. The quantitative estimate of drug-likeness (QED) is 0.568. The minimum atomic E-state index is 0.141. The third-order valence-electron chi connectivity index (χ3n) is 2.99. The average molecular weight is 216 g/mol. The highest BCUT2D eigenvalue weighted by atomic mass is 16.5. The molecule has 15 heavy (non-hydrogen) atoms. The minimum absolute atomic E-state index is 0.141. The van der Waals surface area contributed by atoms with Crippen molar-refractivity contribution in [2.24, 2.45) is 11.8 Å². The molecule has 0 aliphatic carbocycles. The van der Waals surface area contributed by atoms with Crippen LogP contribution in [0, 0.1) is 11.8 Å². The Labute approximate surface area is 95.0 Å². The Morgan fingerprint density at radius 1 is 1.07 bits per heavy atom. The summed E-state index contributed by atoms with van der Waals surface area (Å²) in [5.74, 6) is 1.54. The maximum absolute atomic E-state index is 8.59. The van der Waals surface area contributed by atoms with Crippen LogP contribution in [0.25, 0.3) is 0 Å². The topological polar surface area (TPSA) is 29.5 Å². The van der Waals surface area contributed by atoms with Crippen LogP contribution < -0.4 is 0 Å². The first-order valence-corrected chi connectivity index (χ1v) is 6.41. The summed E-state index contributed by atoms with van der Waals surface area (Å²) < 4.78 is 5.32. The van der Waals surface area contributed by atoms with Crippen LogP contribution in [-0.4, -0.2) is 24.9 Å². The molecule has 1 unspecified atom stereocenters. The van der Waals surface area contributed by atoms with Crippen LogP contribution in [0.4, 0.5) is 0 Å². The van der Waals surface area contributed by atoms with Crippen LogP contribution in [0.3, 0.4) is 0 Å². The lowest BCUT2D eigenvalue weighted by atomic mass is 9.88. The molecular weight excluding hydrogens is 188 g/mol. The van der Waals surface area contributed by atoms with Gasteiger partial charge in [-0.15, -0.1) is 0 Å². The molecule has 1 N–H and O–H groups in total. The van der Waals surface area contributed by atoms with E-state index in [1.807, 2.05) is 0 Å². The second-order valence-electron chi connectivity index (χ2n) is 4.62. The van der Waals surface area contributed by atoms with Gasteiger partial charge in [0.05, 0.1) is 13.2 Å². The van der Waals surface area contributed by atoms with E-state index in [0.717, 1.165) is 24.9 Å². The van der Waals surface area contributed by atoms with Gasteiger partial charge in [-0.3, -0.25) is 0 Å². The molecule has 0 amide bonds. The van der Waals surface area contributed by atoms with Gasteiger partial charge in [0.1, 0.15) is 0 Å². The molecule has 0 bridgehead atoms. The fraction of sp³-hybridized carbons (Fsp3) is 1.00. The van der Waals surface area contributed by atoms with E-state index < -0.39 is 0 Å². The van der Waals surface area contributed by atoms with E-state index in [9.17, 15) is 0 Å². The fourth-order valence-electron chi connectivity index (χ4n) is 1.87. The zero-order valence-corrected chi connectivity index (χ0v) is 10.7. The van der Waals surface area contributed by atoms with Crippen molar-refractivity contribution < 1.29 is 9.84 Å². The van der Waals surface area contributed by atoms with Crippen LogP contribution in [0.2, 0.25) is 0 Å². The van der Waals surface area contributed by atoms with E-state index in [0.29, 0.717) is 6.61 Å². The summed E-state index contributed by atoms with van der Waals surface area (Å²) in [6, 6.07) is 0. The largest absolute Gasteiger partial charge is 0.394 e. The number of aliphatic hydroxyl groups excluding tert-OH is 1. The van der Waals surface area contributed by atoms with Crippen molar-refractivity contribution in [2.45, 2.75) is 52.9 Å². The SMILES string of the molecule is CCCCCC(CCOCCO)C(C)C. The molecule has 0 aromatic rings. The molecule has 0 spiro atoms. The van der Waals surface area contributed by atoms with Gasteiger partial charge in [-0.2, -0.15) is 0 Å². The highest BCUT2D eigenvalue weighted by Crippen LogP contribution is 2.22. The first-order chi connectivity index (χ1) is 7.22. The molecule has 0 rings (SSSR count). The predicted octanol–water partition coefficient (Wildman–Crippen LogP) is 3.24. The molecule has 0 fully saturated rings. The van der Waals surface area contributed by atoms with Crippen LogP contribution in [0.15, 0.2) is 0 Å². The number of ether oxygens (including phenoxy) is 1. The van der Waals surface area contributed by atoms with Crippen LogP contribution in [0.1, 0.15) is 52.9 Å². The summed E-state index contributed by atoms with van der Waals surface area (Å²) in [7, 11) is 0. The predicted molar refractivity (Wildman–Crippen MR) is 65.0 cm³/mol. The third kappa shape index (κ3) is 8.88. The molecule has 0 saturated carbocycles. The minimum Gasteiger partial charge on any atom is -0.394 e. The van der Waals surface area contributed by atoms with Gasteiger partial charge in [0, 0.05) is 6.61 Å². The normalized spacial score (nSPS) is 13.4. The van der Waals surface area contributed by atoms with Crippen molar-refractivity contribution in [1.29, 1.82) is 0 Å². The third-order valence-corrected chi connectivity index (χ3v) is 2.99. The van der Waals surface area contributed by atoms with Gasteiger partial charge < -0.3 is 9.84 Å². The molecule has 0 aromatic carbocycles. The molecule has 1 atom stereocenters. The Kier molecular flexibility index (Phi) is 10.4. The van der Waals surface area contributed by atoms with E-state index >= 15 is 0 Å². The number of rotatable bonds is 10. The lowest BCUT2D eigenvalue weighted by Gasteiger charge is -2.20. The molecule has 0 aromatic heterocycles. The lowest BCUT2D eigenvalue weighted by Crippen LogP contribution is -2.13. The van der Waals surface area contributed by atoms with Gasteiger partial charge in [-0.1, -0.05) is 46.5 Å². The van der Waals surface area contributed by atoms with E-state index in [1.165, 1.54) is 25.7 Å². The first kappa shape index (κ1) is 14.9. The Bertz CT molecular complexity index is 124. The summed E-state index contributed by atoms with van der Waals surface area (Å²) in [6.45, 7) is 8.26. The van der Waals surface area contributed by atoms with Crippen LogP contribution >= 0.6 is 0 Å². The molecule has 2 heteroatoms. The number of aliphatic hydroxyl groups is 1. The van der Waals surface area contributed by atoms with Crippen LogP contribution in [-0.2, 0) is 4.74 Å². The van der Waals surface area contributed by atoms with Crippen molar-refractivity contribution in [1.82, 2.24) is 0 Å². The summed E-state index contributed by atoms with van der Waals surface area (Å²) in [5.41, 5.74) is 0. The van der Waals surface area contributed by atoms with E-state index in [-0.39, 0.29) is 6.61 Å². The van der Waals surface area contributed by atoms with Crippen molar-refractivity contribution >= 4 is 0 Å². The highest BCUT2D eigenvalue weighted by molar-refractivity contribution is 4.63. The molecule has 0 radical (unpaired) electrons. The molecule has 92 valence electrons. The Balaban J connectivity index is 3.54. The van der Waals surface area contributed by atoms with Crippen molar-refractivity contribution in [3.8, 4) is 0 Å². The van der Waals surface area contributed by atoms with Crippen LogP contribution in [0.5, 0.6) is 0 Å². The maximum atomic E-state index is 8.59. The monoisotopic (exact) mass is 216 g/mol. The summed E-state index contributed by atoms with van der Waals surface area (Å²) >= 11 is 0. The van der Waals surface area contributed by atoms with Gasteiger partial charge in [0.2, 0.25) is 0 Å². The van der Waals surface area contributed by atoms with Gasteiger partial charge in [0.15, 0.2) is 0 Å². The number of hydrogen-bond acceptors (Lipinski definition) is 2. The Morgan fingerprint density at radius 2 is 1.80 bits per heavy atom. The van der Waals surface area contributed by atoms with Gasteiger partial charge in [0.25, 0.3) is 0 Å². The lowest BCUT2D eigenvalue weighted by molar-refractivity contribution is 0.0774. The molecular formula is C13H28O2. The standard InChI is InChI=1S/C13H28O2/c1-4-5-6-7-13(12(2)3)8-10-15-11-9-14/h12-14H,4-11H2,1-3H3. The van der Waals surface area contributed by atoms with E-state index in [4.69, 9.17) is 9.84 Å². The van der Waals surface area contributed by atoms with Gasteiger partial charge >= 0.3 is 0 Å². The molecule has 0 aliphatic heterocycles. The average Bonchev–Trinajstić information content (AvgIpc) is 2.21. The second-order valence-corrected chi connectivity index (χ2v) is 4.62. The van der Waals surface area contributed by atoms with Crippen molar-refractivity contribution in [2.75, 3.05) is 19.8 Å². The first-order valence-electron chi connectivity index (χ1n) is 6.41. The van der Waals surface area contributed by atoms with Crippen molar-refractivity contribution in [3.63, 3.8) is 0 Å². The molecule has 2 nitrogen and oxygen atoms in total. The highest BCUT2D eigenvalue weighted by Gasteiger charge is 2.12. The zero-order chi connectivity index (χ0) is 11.5. The van der Waals surface area contributed by atoms with E-state index in [2.05, 4.69) is 20.8 Å². The fourth-order valence-corrected chi connectivity index (χ4v) is 1.87. The molecule has 0 saturated heterocycles. The van der Waals surface area contributed by atoms with Crippen molar-refractivity contribution in [3.05, 3.63) is 0 Å². The zero-order valence-electron chi connectivity index (χ0n) is 10.7. The summed E-state index contributed by atoms with van der Waals surface area (Å²) in [6.07, 6.45) is 6.46. The number of unbranched alkanes of at least 4 members (excludes halogenated alkanes) is 2. The van der Waals surface area contributed by atoms with E-state index in [1.54, 1.807) is 0 Å². The Morgan fingerprint density at radius 3 is 2.33 bits per heavy atom. The van der Waals surface area contributed by atoms with Gasteiger partial charge in [-0.05, 0) is 18.3 Å². The molecule has 0 heterocycles. The maximum Gasteiger partial charge on any atom is 0.0697 e. The molecule has 0 aliphatic rings. The van der Waals surface area contributed by atoms with Gasteiger partial charge in [-0.25, -0.2) is 0 Å². The number of hydrogen-bond donors (Lipinski definition) is 1. The summed E-state index contributed by atoms with van der Waals surface area (Å²) in [5, 5.41) is 8.59. The smallest absolute Gasteiger partial charge is 0.0697 e.